The predicted octanol–water partition coefficient (Wildman–Crippen LogP) is -0.365. The fourth-order valence-electron chi connectivity index (χ4n) is 0.811. The molecule has 2 atom stereocenters. The van der Waals surface area contributed by atoms with Gasteiger partial charge >= 0.3 is 0 Å². The lowest BCUT2D eigenvalue weighted by molar-refractivity contribution is 0.0298. The average Bonchev–Trinajstić information content (AvgIpc) is 2.17. The van der Waals surface area contributed by atoms with Gasteiger partial charge in [-0.05, 0) is 0 Å². The molecule has 110 valence electrons. The number of hydrogen-bond acceptors (Lipinski definition) is 8. The lowest BCUT2D eigenvalue weighted by atomic mass is 10.7. The van der Waals surface area contributed by atoms with Crippen LogP contribution < -0.4 is 0 Å². The van der Waals surface area contributed by atoms with Crippen LogP contribution in [0.1, 0.15) is 0 Å². The van der Waals surface area contributed by atoms with Crippen LogP contribution in [0.2, 0.25) is 0 Å². The van der Waals surface area contributed by atoms with Crippen molar-refractivity contribution >= 4 is 39.9 Å². The third-order valence-electron chi connectivity index (χ3n) is 1.42. The SMILES string of the molecule is CS(=O)(=S)OCCOCCOCCOS(C)(=O)=S. The largest absolute Gasteiger partial charge is 0.377 e. The Labute approximate surface area is 118 Å². The summed E-state index contributed by atoms with van der Waals surface area (Å²) in [6.45, 7) is 1.74. The summed E-state index contributed by atoms with van der Waals surface area (Å²) < 4.78 is 41.8. The monoisotopic (exact) mass is 338 g/mol. The molecule has 0 radical (unpaired) electrons. The van der Waals surface area contributed by atoms with E-state index in [0.717, 1.165) is 0 Å². The van der Waals surface area contributed by atoms with Crippen LogP contribution >= 0.6 is 0 Å². The highest BCUT2D eigenvalue weighted by Gasteiger charge is 1.98. The van der Waals surface area contributed by atoms with Gasteiger partial charge in [0.1, 0.15) is 17.5 Å². The highest BCUT2D eigenvalue weighted by atomic mass is 32.8. The molecule has 0 saturated carbocycles. The third kappa shape index (κ3) is 16.6. The van der Waals surface area contributed by atoms with E-state index in [-0.39, 0.29) is 13.2 Å². The summed E-state index contributed by atoms with van der Waals surface area (Å²) in [5.74, 6) is 0. The third-order valence-corrected chi connectivity index (χ3v) is 3.19. The Morgan fingerprint density at radius 1 is 0.722 bits per heavy atom. The summed E-state index contributed by atoms with van der Waals surface area (Å²) in [6.07, 6.45) is 2.69. The average molecular weight is 338 g/mol. The zero-order valence-corrected chi connectivity index (χ0v) is 13.6. The van der Waals surface area contributed by atoms with Crippen molar-refractivity contribution in [2.45, 2.75) is 0 Å². The van der Waals surface area contributed by atoms with Gasteiger partial charge in [0.25, 0.3) is 0 Å². The fraction of sp³-hybridized carbons (Fsp3) is 1.00. The second kappa shape index (κ2) is 9.48. The van der Waals surface area contributed by atoms with Gasteiger partial charge in [0.15, 0.2) is 0 Å². The molecule has 2 unspecified atom stereocenters. The maximum absolute atomic E-state index is 10.9. The van der Waals surface area contributed by atoms with Crippen LogP contribution in [0.5, 0.6) is 0 Å². The van der Waals surface area contributed by atoms with Crippen molar-refractivity contribution in [3.8, 4) is 0 Å². The highest BCUT2D eigenvalue weighted by Crippen LogP contribution is 1.89. The Bertz CT molecular complexity index is 361. The first kappa shape index (κ1) is 18.6. The van der Waals surface area contributed by atoms with Crippen LogP contribution in [0.15, 0.2) is 0 Å². The van der Waals surface area contributed by atoms with Crippen LogP contribution in [0, 0.1) is 0 Å². The predicted molar refractivity (Wildman–Crippen MR) is 76.4 cm³/mol. The molecule has 0 rings (SSSR count). The van der Waals surface area contributed by atoms with Gasteiger partial charge in [0, 0.05) is 34.9 Å². The smallest absolute Gasteiger partial charge is 0.141 e. The van der Waals surface area contributed by atoms with E-state index in [1.807, 2.05) is 0 Å². The first-order valence-electron chi connectivity index (χ1n) is 5.05. The fourth-order valence-corrected chi connectivity index (χ4v) is 1.96. The summed E-state index contributed by atoms with van der Waals surface area (Å²) in [6, 6.07) is 0. The molecule has 0 aliphatic heterocycles. The van der Waals surface area contributed by atoms with E-state index < -0.39 is 17.5 Å². The van der Waals surface area contributed by atoms with E-state index in [0.29, 0.717) is 26.4 Å². The second-order valence-corrected chi connectivity index (χ2v) is 10.2. The summed E-state index contributed by atoms with van der Waals surface area (Å²) in [5, 5.41) is 0. The number of ether oxygens (including phenoxy) is 2. The standard InChI is InChI=1S/C8H18O6S4/c1-17(9,15)13-7-5-11-3-4-12-6-8-14-18(2,10)16/h3-8H2,1-2H3. The zero-order valence-electron chi connectivity index (χ0n) is 10.3. The molecule has 0 saturated heterocycles. The van der Waals surface area contributed by atoms with E-state index in [1.165, 1.54) is 12.5 Å². The van der Waals surface area contributed by atoms with E-state index in [1.54, 1.807) is 0 Å². The van der Waals surface area contributed by atoms with E-state index in [9.17, 15) is 8.42 Å². The van der Waals surface area contributed by atoms with Gasteiger partial charge in [-0.3, -0.25) is 8.37 Å². The number of rotatable bonds is 11. The first-order chi connectivity index (χ1) is 8.21. The Morgan fingerprint density at radius 3 is 1.28 bits per heavy atom. The van der Waals surface area contributed by atoms with E-state index >= 15 is 0 Å². The molecule has 0 aromatic heterocycles. The van der Waals surface area contributed by atoms with Crippen molar-refractivity contribution in [1.82, 2.24) is 0 Å². The zero-order chi connectivity index (χ0) is 14.1. The molecule has 0 aliphatic rings. The molecular formula is C8H18O6S4. The molecule has 0 bridgehead atoms. The normalized spacial score (nSPS) is 18.1. The van der Waals surface area contributed by atoms with Gasteiger partial charge in [0.05, 0.1) is 39.6 Å². The molecular weight excluding hydrogens is 320 g/mol. The lowest BCUT2D eigenvalue weighted by Gasteiger charge is -2.06. The van der Waals surface area contributed by atoms with Gasteiger partial charge in [0.2, 0.25) is 0 Å². The van der Waals surface area contributed by atoms with Crippen molar-refractivity contribution in [2.75, 3.05) is 52.2 Å². The van der Waals surface area contributed by atoms with Gasteiger partial charge in [-0.25, -0.2) is 8.42 Å². The first-order valence-corrected chi connectivity index (χ1v) is 10.7. The van der Waals surface area contributed by atoms with Crippen LogP contribution in [-0.4, -0.2) is 60.6 Å². The molecule has 0 aromatic carbocycles. The number of hydrogen-bond donors (Lipinski definition) is 0. The highest BCUT2D eigenvalue weighted by molar-refractivity contribution is 8.30. The molecule has 6 nitrogen and oxygen atoms in total. The molecule has 0 heterocycles. The van der Waals surface area contributed by atoms with Crippen LogP contribution in [0.25, 0.3) is 0 Å². The lowest BCUT2D eigenvalue weighted by Crippen LogP contribution is -2.14. The molecule has 0 amide bonds. The van der Waals surface area contributed by atoms with Crippen LogP contribution in [0.3, 0.4) is 0 Å². The maximum Gasteiger partial charge on any atom is 0.141 e. The summed E-state index contributed by atoms with van der Waals surface area (Å²) in [7, 11) is -5.15. The molecule has 0 N–H and O–H groups in total. The molecule has 0 aromatic rings. The van der Waals surface area contributed by atoms with Crippen molar-refractivity contribution in [2.24, 2.45) is 0 Å². The van der Waals surface area contributed by atoms with Gasteiger partial charge in [-0.15, -0.1) is 0 Å². The van der Waals surface area contributed by atoms with Gasteiger partial charge in [-0.2, -0.15) is 0 Å². The van der Waals surface area contributed by atoms with Crippen molar-refractivity contribution < 1.29 is 26.3 Å². The Hall–Kier alpha value is 0.580. The van der Waals surface area contributed by atoms with Gasteiger partial charge < -0.3 is 9.47 Å². The summed E-state index contributed by atoms with van der Waals surface area (Å²) in [4.78, 5) is 0. The van der Waals surface area contributed by atoms with Crippen LogP contribution in [-0.2, 0) is 57.8 Å². The van der Waals surface area contributed by atoms with Gasteiger partial charge in [-0.1, -0.05) is 0 Å². The van der Waals surface area contributed by atoms with Crippen molar-refractivity contribution in [3.63, 3.8) is 0 Å². The molecule has 0 spiro atoms. The summed E-state index contributed by atoms with van der Waals surface area (Å²) >= 11 is 9.09. The maximum atomic E-state index is 10.9. The topological polar surface area (TPSA) is 71.1 Å². The van der Waals surface area contributed by atoms with Crippen molar-refractivity contribution in [1.29, 1.82) is 0 Å². The Kier molecular flexibility index (Phi) is 9.78. The van der Waals surface area contributed by atoms with Crippen LogP contribution in [0.4, 0.5) is 0 Å². The van der Waals surface area contributed by atoms with E-state index in [4.69, 9.17) is 17.8 Å². The molecule has 0 aliphatic carbocycles. The Balaban J connectivity index is 3.22. The van der Waals surface area contributed by atoms with E-state index in [2.05, 4.69) is 22.4 Å². The minimum atomic E-state index is -2.57. The van der Waals surface area contributed by atoms with Crippen molar-refractivity contribution in [3.05, 3.63) is 0 Å². The Morgan fingerprint density at radius 2 is 1.00 bits per heavy atom. The minimum Gasteiger partial charge on any atom is -0.377 e. The molecule has 18 heavy (non-hydrogen) atoms. The molecule has 0 fully saturated rings. The summed E-state index contributed by atoms with van der Waals surface area (Å²) in [5.41, 5.74) is 0. The quantitative estimate of drug-likeness (QED) is 0.473. The minimum absolute atomic E-state index is 0.190. The second-order valence-electron chi connectivity index (χ2n) is 3.28. The molecule has 10 heteroatoms.